The molecule has 0 saturated heterocycles. The second-order valence-corrected chi connectivity index (χ2v) is 12.6. The number of rotatable bonds is 6. The van der Waals surface area contributed by atoms with Crippen molar-refractivity contribution in [2.45, 2.75) is 83.8 Å². The fourth-order valence-corrected chi connectivity index (χ4v) is 6.78. The summed E-state index contributed by atoms with van der Waals surface area (Å²) in [4.78, 5) is 0. The number of hydrogen-bond acceptors (Lipinski definition) is 0. The van der Waals surface area contributed by atoms with E-state index in [2.05, 4.69) is 51.2 Å². The maximum Gasteiger partial charge on any atom is 0.0806 e. The van der Waals surface area contributed by atoms with E-state index in [-0.39, 0.29) is 0 Å². The zero-order chi connectivity index (χ0) is 15.3. The summed E-state index contributed by atoms with van der Waals surface area (Å²) in [5.74, 6) is 1.85. The predicted octanol–water partition coefficient (Wildman–Crippen LogP) is 6.09. The molecule has 1 aliphatic rings. The lowest BCUT2D eigenvalue weighted by molar-refractivity contribution is 0.308. The van der Waals surface area contributed by atoms with Crippen LogP contribution in [0.15, 0.2) is 24.3 Å². The molecule has 0 atom stereocenters. The smallest absolute Gasteiger partial charge is 0.0656 e. The molecule has 0 amide bonds. The van der Waals surface area contributed by atoms with Gasteiger partial charge in [0.1, 0.15) is 0 Å². The van der Waals surface area contributed by atoms with E-state index in [0.717, 1.165) is 11.8 Å². The molecule has 1 heteroatoms. The third-order valence-corrected chi connectivity index (χ3v) is 9.23. The Kier molecular flexibility index (Phi) is 6.10. The van der Waals surface area contributed by atoms with Crippen molar-refractivity contribution in [3.8, 4) is 0 Å². The van der Waals surface area contributed by atoms with Crippen LogP contribution in [0.2, 0.25) is 19.1 Å². The van der Waals surface area contributed by atoms with Gasteiger partial charge in [-0.25, -0.2) is 0 Å². The van der Waals surface area contributed by atoms with Crippen LogP contribution in [-0.2, 0) is 0 Å². The van der Waals surface area contributed by atoms with Gasteiger partial charge in [-0.05, 0) is 43.1 Å². The molecule has 2 rings (SSSR count). The Bertz CT molecular complexity index is 410. The summed E-state index contributed by atoms with van der Waals surface area (Å²) in [6.45, 7) is 9.67. The monoisotopic (exact) mass is 302 g/mol. The van der Waals surface area contributed by atoms with Crippen LogP contribution in [0.3, 0.4) is 0 Å². The molecule has 0 heterocycles. The topological polar surface area (TPSA) is 0 Å². The zero-order valence-corrected chi connectivity index (χ0v) is 15.6. The van der Waals surface area contributed by atoms with Crippen LogP contribution < -0.4 is 5.19 Å². The Labute approximate surface area is 133 Å². The van der Waals surface area contributed by atoms with Crippen LogP contribution in [0.25, 0.3) is 0 Å². The summed E-state index contributed by atoms with van der Waals surface area (Å²) >= 11 is 0. The lowest BCUT2D eigenvalue weighted by Gasteiger charge is -2.29. The fourth-order valence-electron chi connectivity index (χ4n) is 4.17. The fraction of sp³-hybridized carbons (Fsp3) is 0.700. The molecule has 1 aliphatic carbocycles. The van der Waals surface area contributed by atoms with Crippen LogP contribution in [0.1, 0.15) is 70.3 Å². The predicted molar refractivity (Wildman–Crippen MR) is 98.3 cm³/mol. The first-order chi connectivity index (χ1) is 10.1. The highest BCUT2D eigenvalue weighted by atomic mass is 28.3. The van der Waals surface area contributed by atoms with E-state index in [1.165, 1.54) is 51.0 Å². The van der Waals surface area contributed by atoms with Crippen molar-refractivity contribution in [3.63, 3.8) is 0 Å². The normalized spacial score (nSPS) is 23.2. The molecule has 118 valence electrons. The van der Waals surface area contributed by atoms with Crippen LogP contribution in [0.4, 0.5) is 0 Å². The van der Waals surface area contributed by atoms with Crippen LogP contribution in [0.5, 0.6) is 0 Å². The van der Waals surface area contributed by atoms with E-state index < -0.39 is 8.07 Å². The van der Waals surface area contributed by atoms with Gasteiger partial charge in [0.15, 0.2) is 0 Å². The van der Waals surface area contributed by atoms with Crippen LogP contribution >= 0.6 is 0 Å². The van der Waals surface area contributed by atoms with Crippen molar-refractivity contribution < 1.29 is 0 Å². The Hall–Kier alpha value is -0.563. The highest BCUT2D eigenvalue weighted by Gasteiger charge is 2.24. The minimum atomic E-state index is -1.17. The standard InChI is InChI=1S/C20H34Si/c1-5-7-17-8-10-18(11-9-17)19-12-14-20(15-13-19)21(3,4)16-6-2/h12-15,17-18H,5-11,16H2,1-4H3/t17-,18-. The van der Waals surface area contributed by atoms with E-state index in [0.29, 0.717) is 0 Å². The molecule has 0 aromatic heterocycles. The summed E-state index contributed by atoms with van der Waals surface area (Å²) in [6, 6.07) is 11.2. The van der Waals surface area contributed by atoms with Crippen LogP contribution in [-0.4, -0.2) is 8.07 Å². The van der Waals surface area contributed by atoms with Crippen LogP contribution in [0, 0.1) is 5.92 Å². The van der Waals surface area contributed by atoms with Gasteiger partial charge < -0.3 is 0 Å². The molecule has 0 spiro atoms. The number of hydrogen-bond donors (Lipinski definition) is 0. The maximum atomic E-state index is 2.52. The third kappa shape index (κ3) is 4.45. The molecule has 0 radical (unpaired) electrons. The quantitative estimate of drug-likeness (QED) is 0.558. The average Bonchev–Trinajstić information content (AvgIpc) is 2.48. The first-order valence-corrected chi connectivity index (χ1v) is 12.4. The maximum absolute atomic E-state index is 2.52. The molecule has 1 aromatic carbocycles. The minimum absolute atomic E-state index is 0.836. The van der Waals surface area contributed by atoms with Gasteiger partial charge in [0.2, 0.25) is 0 Å². The molecule has 0 aliphatic heterocycles. The van der Waals surface area contributed by atoms with Gasteiger partial charge in [0, 0.05) is 0 Å². The molecule has 1 fully saturated rings. The Balaban J connectivity index is 1.97. The number of benzene rings is 1. The molecular formula is C20H34Si. The average molecular weight is 303 g/mol. The van der Waals surface area contributed by atoms with Crippen molar-refractivity contribution in [2.24, 2.45) is 5.92 Å². The Morgan fingerprint density at radius 3 is 2.05 bits per heavy atom. The molecule has 0 nitrogen and oxygen atoms in total. The SMILES string of the molecule is CCC[Si](C)(C)c1ccc([C@H]2CC[C@H](CCC)CC2)cc1. The van der Waals surface area contributed by atoms with Crippen molar-refractivity contribution >= 4 is 13.3 Å². The minimum Gasteiger partial charge on any atom is -0.0656 e. The van der Waals surface area contributed by atoms with Gasteiger partial charge in [-0.3, -0.25) is 0 Å². The van der Waals surface area contributed by atoms with E-state index >= 15 is 0 Å². The molecule has 0 unspecified atom stereocenters. The van der Waals surface area contributed by atoms with Crippen molar-refractivity contribution in [1.82, 2.24) is 0 Å². The summed E-state index contributed by atoms with van der Waals surface area (Å²) < 4.78 is 0. The van der Waals surface area contributed by atoms with Gasteiger partial charge in [-0.2, -0.15) is 0 Å². The highest BCUT2D eigenvalue weighted by molar-refractivity contribution is 6.89. The molecule has 21 heavy (non-hydrogen) atoms. The van der Waals surface area contributed by atoms with E-state index in [1.54, 1.807) is 10.8 Å². The molecule has 1 aromatic rings. The molecular weight excluding hydrogens is 268 g/mol. The lowest BCUT2D eigenvalue weighted by Crippen LogP contribution is -2.40. The van der Waals surface area contributed by atoms with Gasteiger partial charge in [0.25, 0.3) is 0 Å². The van der Waals surface area contributed by atoms with Gasteiger partial charge >= 0.3 is 0 Å². The van der Waals surface area contributed by atoms with Gasteiger partial charge in [0.05, 0.1) is 8.07 Å². The first-order valence-electron chi connectivity index (χ1n) is 9.17. The van der Waals surface area contributed by atoms with E-state index in [4.69, 9.17) is 0 Å². The van der Waals surface area contributed by atoms with Gasteiger partial charge in [-0.1, -0.05) is 81.7 Å². The zero-order valence-electron chi connectivity index (χ0n) is 14.6. The summed E-state index contributed by atoms with van der Waals surface area (Å²) in [6.07, 6.45) is 9.87. The Morgan fingerprint density at radius 2 is 1.52 bits per heavy atom. The highest BCUT2D eigenvalue weighted by Crippen LogP contribution is 2.37. The molecule has 0 bridgehead atoms. The van der Waals surface area contributed by atoms with Crippen molar-refractivity contribution in [1.29, 1.82) is 0 Å². The summed E-state index contributed by atoms with van der Waals surface area (Å²) in [5.41, 5.74) is 1.61. The van der Waals surface area contributed by atoms with E-state index in [1.807, 2.05) is 0 Å². The third-order valence-electron chi connectivity index (χ3n) is 5.58. The first kappa shape index (κ1) is 16.8. The van der Waals surface area contributed by atoms with Crippen molar-refractivity contribution in [3.05, 3.63) is 29.8 Å². The summed E-state index contributed by atoms with van der Waals surface area (Å²) in [5, 5.41) is 1.65. The lowest BCUT2D eigenvalue weighted by atomic mass is 9.77. The largest absolute Gasteiger partial charge is 0.0806 e. The summed E-state index contributed by atoms with van der Waals surface area (Å²) in [7, 11) is -1.17. The van der Waals surface area contributed by atoms with Gasteiger partial charge in [-0.15, -0.1) is 0 Å². The second-order valence-electron chi connectivity index (χ2n) is 7.76. The van der Waals surface area contributed by atoms with Crippen molar-refractivity contribution in [2.75, 3.05) is 0 Å². The Morgan fingerprint density at radius 1 is 0.905 bits per heavy atom. The van der Waals surface area contributed by atoms with E-state index in [9.17, 15) is 0 Å². The molecule has 1 saturated carbocycles. The molecule has 0 N–H and O–H groups in total. The second kappa shape index (κ2) is 7.62.